The summed E-state index contributed by atoms with van der Waals surface area (Å²) in [7, 11) is 1.68. The topological polar surface area (TPSA) is 71.4 Å². The number of benzene rings is 1. The Morgan fingerprint density at radius 3 is 2.83 bits per heavy atom. The number of aliphatic hydroxyl groups is 2. The van der Waals surface area contributed by atoms with Gasteiger partial charge in [0.1, 0.15) is 0 Å². The normalized spacial score (nSPS) is 38.3. The van der Waals surface area contributed by atoms with Crippen LogP contribution < -0.4 is 9.47 Å². The smallest absolute Gasteiger partial charge is 0.231 e. The van der Waals surface area contributed by atoms with Crippen molar-refractivity contribution in [3.63, 3.8) is 0 Å². The van der Waals surface area contributed by atoms with Gasteiger partial charge in [-0.2, -0.15) is 0 Å². The number of rotatable bonds is 1. The third-order valence-electron chi connectivity index (χ3n) is 5.80. The predicted octanol–water partition coefficient (Wildman–Crippen LogP) is 0.507. The molecule has 1 aliphatic carbocycles. The minimum atomic E-state index is -1.81. The molecule has 1 aromatic carbocycles. The summed E-state index contributed by atoms with van der Waals surface area (Å²) >= 11 is 0. The Bertz CT molecular complexity index is 715. The first-order valence-electron chi connectivity index (χ1n) is 7.89. The van der Waals surface area contributed by atoms with E-state index in [2.05, 4.69) is 4.90 Å². The van der Waals surface area contributed by atoms with Crippen LogP contribution in [-0.2, 0) is 16.7 Å². The SMILES string of the molecule is CO[C@H]1C=C[C@@]23c4cc5c(cc4CN(CC2(O)O)[C@@H]3C1)OCO5. The van der Waals surface area contributed by atoms with Gasteiger partial charge in [0.25, 0.3) is 0 Å². The second-order valence-electron chi connectivity index (χ2n) is 6.84. The van der Waals surface area contributed by atoms with Gasteiger partial charge in [0, 0.05) is 19.7 Å². The van der Waals surface area contributed by atoms with Crippen molar-refractivity contribution >= 4 is 0 Å². The maximum absolute atomic E-state index is 10.9. The lowest BCUT2D eigenvalue weighted by Crippen LogP contribution is -2.57. The molecular formula is C17H19NO5. The van der Waals surface area contributed by atoms with Crippen LogP contribution in [0.25, 0.3) is 0 Å². The summed E-state index contributed by atoms with van der Waals surface area (Å²) < 4.78 is 16.5. The van der Waals surface area contributed by atoms with E-state index in [1.807, 2.05) is 24.3 Å². The molecule has 1 saturated heterocycles. The van der Waals surface area contributed by atoms with E-state index >= 15 is 0 Å². The van der Waals surface area contributed by atoms with Crippen LogP contribution >= 0.6 is 0 Å². The van der Waals surface area contributed by atoms with Crippen molar-refractivity contribution in [1.29, 1.82) is 0 Å². The van der Waals surface area contributed by atoms with E-state index in [0.29, 0.717) is 12.3 Å². The van der Waals surface area contributed by atoms with Gasteiger partial charge in [0.15, 0.2) is 17.3 Å². The zero-order chi connectivity index (χ0) is 15.8. The van der Waals surface area contributed by atoms with Crippen LogP contribution in [-0.4, -0.2) is 53.5 Å². The first-order chi connectivity index (χ1) is 11.0. The van der Waals surface area contributed by atoms with E-state index in [-0.39, 0.29) is 25.5 Å². The molecule has 0 saturated carbocycles. The molecule has 0 aromatic heterocycles. The molecule has 0 amide bonds. The summed E-state index contributed by atoms with van der Waals surface area (Å²) in [6.07, 6.45) is 4.61. The highest BCUT2D eigenvalue weighted by atomic mass is 16.7. The fourth-order valence-electron chi connectivity index (χ4n) is 4.76. The van der Waals surface area contributed by atoms with E-state index < -0.39 is 11.2 Å². The van der Waals surface area contributed by atoms with Crippen molar-refractivity contribution in [2.24, 2.45) is 0 Å². The van der Waals surface area contributed by atoms with Gasteiger partial charge < -0.3 is 24.4 Å². The minimum Gasteiger partial charge on any atom is -0.454 e. The highest BCUT2D eigenvalue weighted by molar-refractivity contribution is 5.57. The lowest BCUT2D eigenvalue weighted by molar-refractivity contribution is -0.180. The Hall–Kier alpha value is -1.60. The summed E-state index contributed by atoms with van der Waals surface area (Å²) in [5.41, 5.74) is 1.14. The molecule has 122 valence electrons. The second kappa shape index (κ2) is 4.27. The van der Waals surface area contributed by atoms with Crippen molar-refractivity contribution in [2.75, 3.05) is 20.4 Å². The minimum absolute atomic E-state index is 0.0000792. The van der Waals surface area contributed by atoms with Crippen LogP contribution in [0.1, 0.15) is 17.5 Å². The molecule has 3 aliphatic heterocycles. The molecule has 6 nitrogen and oxygen atoms in total. The van der Waals surface area contributed by atoms with E-state index in [1.165, 1.54) is 0 Å². The van der Waals surface area contributed by atoms with Crippen molar-refractivity contribution in [3.05, 3.63) is 35.4 Å². The highest BCUT2D eigenvalue weighted by Gasteiger charge is 2.66. The maximum Gasteiger partial charge on any atom is 0.231 e. The predicted molar refractivity (Wildman–Crippen MR) is 80.2 cm³/mol. The zero-order valence-corrected chi connectivity index (χ0v) is 12.9. The molecule has 3 heterocycles. The van der Waals surface area contributed by atoms with Gasteiger partial charge in [0.05, 0.1) is 18.1 Å². The summed E-state index contributed by atoms with van der Waals surface area (Å²) in [6, 6.07) is 3.90. The van der Waals surface area contributed by atoms with Crippen LogP contribution in [0.15, 0.2) is 24.3 Å². The van der Waals surface area contributed by atoms with E-state index in [0.717, 1.165) is 23.3 Å². The largest absolute Gasteiger partial charge is 0.454 e. The van der Waals surface area contributed by atoms with Gasteiger partial charge in [-0.05, 0) is 29.7 Å². The van der Waals surface area contributed by atoms with Crippen molar-refractivity contribution < 1.29 is 24.4 Å². The van der Waals surface area contributed by atoms with E-state index in [4.69, 9.17) is 14.2 Å². The number of ether oxygens (including phenoxy) is 3. The fraction of sp³-hybridized carbons (Fsp3) is 0.529. The number of hydrogen-bond acceptors (Lipinski definition) is 6. The molecule has 2 N–H and O–H groups in total. The average molecular weight is 317 g/mol. The summed E-state index contributed by atoms with van der Waals surface area (Å²) in [6.45, 7) is 1.11. The Balaban J connectivity index is 1.75. The molecule has 5 rings (SSSR count). The lowest BCUT2D eigenvalue weighted by Gasteiger charge is -2.47. The van der Waals surface area contributed by atoms with Gasteiger partial charge in [-0.25, -0.2) is 0 Å². The molecule has 6 heteroatoms. The Kier molecular flexibility index (Phi) is 2.56. The van der Waals surface area contributed by atoms with Crippen LogP contribution in [0.4, 0.5) is 0 Å². The van der Waals surface area contributed by atoms with Gasteiger partial charge in [-0.15, -0.1) is 0 Å². The Morgan fingerprint density at radius 1 is 1.26 bits per heavy atom. The summed E-state index contributed by atoms with van der Waals surface area (Å²) in [5, 5.41) is 21.7. The summed E-state index contributed by atoms with van der Waals surface area (Å²) in [5.74, 6) is -0.406. The maximum atomic E-state index is 10.9. The van der Waals surface area contributed by atoms with Crippen LogP contribution in [0, 0.1) is 0 Å². The summed E-state index contributed by atoms with van der Waals surface area (Å²) in [4.78, 5) is 2.14. The van der Waals surface area contributed by atoms with Crippen LogP contribution in [0.5, 0.6) is 11.5 Å². The highest BCUT2D eigenvalue weighted by Crippen LogP contribution is 2.56. The van der Waals surface area contributed by atoms with Crippen molar-refractivity contribution in [2.45, 2.75) is 36.3 Å². The molecule has 23 heavy (non-hydrogen) atoms. The molecule has 1 aromatic rings. The second-order valence-corrected chi connectivity index (χ2v) is 6.84. The van der Waals surface area contributed by atoms with E-state index in [1.54, 1.807) is 7.11 Å². The standard InChI is InChI=1S/C17H19NO5/c1-21-11-2-3-16-12-6-14-13(22-9-23-14)4-10(12)7-18(15(16)5-11)8-17(16,19)20/h2-4,6,11,15,19-20H,5,7-9H2,1H3/t11-,15+,16-/m0/s1. The fourth-order valence-corrected chi connectivity index (χ4v) is 4.76. The first kappa shape index (κ1) is 13.8. The van der Waals surface area contributed by atoms with Crippen molar-refractivity contribution in [3.8, 4) is 11.5 Å². The third-order valence-corrected chi connectivity index (χ3v) is 5.80. The van der Waals surface area contributed by atoms with Crippen molar-refractivity contribution in [1.82, 2.24) is 4.90 Å². The molecular weight excluding hydrogens is 298 g/mol. The monoisotopic (exact) mass is 317 g/mol. The Labute approximate surface area is 133 Å². The lowest BCUT2D eigenvalue weighted by atomic mass is 9.64. The molecule has 1 fully saturated rings. The number of hydrogen-bond donors (Lipinski definition) is 2. The third kappa shape index (κ3) is 1.57. The molecule has 2 bridgehead atoms. The molecule has 4 atom stereocenters. The van der Waals surface area contributed by atoms with Gasteiger partial charge in [-0.1, -0.05) is 12.2 Å². The number of methoxy groups -OCH3 is 1. The molecule has 0 radical (unpaired) electrons. The Morgan fingerprint density at radius 2 is 2.04 bits per heavy atom. The first-order valence-corrected chi connectivity index (χ1v) is 7.89. The molecule has 1 unspecified atom stereocenters. The number of fused-ring (bicyclic) bond motifs is 2. The van der Waals surface area contributed by atoms with Crippen LogP contribution in [0.2, 0.25) is 0 Å². The average Bonchev–Trinajstić information content (AvgIpc) is 3.05. The van der Waals surface area contributed by atoms with E-state index in [9.17, 15) is 10.2 Å². The van der Waals surface area contributed by atoms with Crippen LogP contribution in [0.3, 0.4) is 0 Å². The van der Waals surface area contributed by atoms with Gasteiger partial charge >= 0.3 is 0 Å². The van der Waals surface area contributed by atoms with Gasteiger partial charge in [0.2, 0.25) is 6.79 Å². The number of nitrogens with zero attached hydrogens (tertiary/aromatic N) is 1. The van der Waals surface area contributed by atoms with Gasteiger partial charge in [-0.3, -0.25) is 4.90 Å². The quantitative estimate of drug-likeness (QED) is 0.581. The molecule has 4 aliphatic rings. The molecule has 0 spiro atoms. The zero-order valence-electron chi connectivity index (χ0n) is 12.9.